The smallest absolute Gasteiger partial charge is 0.192 e. The number of hydrogen-bond donors (Lipinski definition) is 2. The summed E-state index contributed by atoms with van der Waals surface area (Å²) in [5.41, 5.74) is 2.12. The SMILES string of the molecule is Cc1cc(Cl)cc(O)c1-c1nnc(NC2CCN(C)C2)c2nccn12. The molecule has 0 aliphatic carbocycles. The normalized spacial score (nSPS) is 18.1. The number of phenolic OH excluding ortho intramolecular Hbond substituents is 1. The molecule has 0 bridgehead atoms. The lowest BCUT2D eigenvalue weighted by atomic mass is 10.1. The minimum absolute atomic E-state index is 0.0763. The first-order chi connectivity index (χ1) is 12.0. The number of aryl methyl sites for hydroxylation is 1. The van der Waals surface area contributed by atoms with Crippen LogP contribution < -0.4 is 5.32 Å². The van der Waals surface area contributed by atoms with Gasteiger partial charge in [0.15, 0.2) is 17.3 Å². The summed E-state index contributed by atoms with van der Waals surface area (Å²) in [4.78, 5) is 6.69. The van der Waals surface area contributed by atoms with Crippen LogP contribution in [-0.2, 0) is 0 Å². The fraction of sp³-hybridized carbons (Fsp3) is 0.353. The zero-order valence-electron chi connectivity index (χ0n) is 14.1. The molecule has 1 atom stereocenters. The average molecular weight is 359 g/mol. The zero-order chi connectivity index (χ0) is 17.6. The summed E-state index contributed by atoms with van der Waals surface area (Å²) in [5, 5.41) is 23.0. The number of rotatable bonds is 3. The number of phenols is 1. The highest BCUT2D eigenvalue weighted by molar-refractivity contribution is 6.31. The monoisotopic (exact) mass is 358 g/mol. The van der Waals surface area contributed by atoms with E-state index in [1.807, 2.05) is 17.5 Å². The molecule has 1 aliphatic heterocycles. The Labute approximate surface area is 150 Å². The number of imidazole rings is 1. The summed E-state index contributed by atoms with van der Waals surface area (Å²) < 4.78 is 1.84. The number of likely N-dealkylation sites (tertiary alicyclic amines) is 1. The number of nitrogens with one attached hydrogen (secondary N) is 1. The Bertz CT molecular complexity index is 917. The third kappa shape index (κ3) is 2.89. The Hall–Kier alpha value is -2.38. The molecule has 130 valence electrons. The molecule has 2 aromatic heterocycles. The second kappa shape index (κ2) is 6.16. The molecule has 7 nitrogen and oxygen atoms in total. The molecule has 4 rings (SSSR count). The first kappa shape index (κ1) is 16.1. The van der Waals surface area contributed by atoms with E-state index in [9.17, 15) is 5.11 Å². The standard InChI is InChI=1S/C17H19ClN6O/c1-10-7-11(18)8-13(25)14(10)16-22-21-15(17-19-4-6-24(16)17)20-12-3-5-23(2)9-12/h4,6-8,12,25H,3,5,9H2,1-2H3,(H,20,21). The van der Waals surface area contributed by atoms with E-state index in [4.69, 9.17) is 11.6 Å². The number of aromatic hydroxyl groups is 1. The molecule has 1 aromatic carbocycles. The van der Waals surface area contributed by atoms with Gasteiger partial charge in [-0.3, -0.25) is 4.40 Å². The van der Waals surface area contributed by atoms with Gasteiger partial charge in [0, 0.05) is 30.0 Å². The Morgan fingerprint density at radius 1 is 1.32 bits per heavy atom. The number of aromatic nitrogens is 4. The van der Waals surface area contributed by atoms with Crippen LogP contribution in [0.4, 0.5) is 5.82 Å². The highest BCUT2D eigenvalue weighted by Crippen LogP contribution is 2.34. The van der Waals surface area contributed by atoms with Gasteiger partial charge in [-0.2, -0.15) is 0 Å². The zero-order valence-corrected chi connectivity index (χ0v) is 14.8. The lowest BCUT2D eigenvalue weighted by Crippen LogP contribution is -2.24. The molecule has 8 heteroatoms. The van der Waals surface area contributed by atoms with E-state index >= 15 is 0 Å². The fourth-order valence-corrected chi connectivity index (χ4v) is 3.63. The van der Waals surface area contributed by atoms with Crippen molar-refractivity contribution >= 4 is 23.1 Å². The molecule has 0 spiro atoms. The Balaban J connectivity index is 1.78. The van der Waals surface area contributed by atoms with Crippen molar-refractivity contribution < 1.29 is 5.11 Å². The van der Waals surface area contributed by atoms with Crippen molar-refractivity contribution in [3.05, 3.63) is 35.1 Å². The van der Waals surface area contributed by atoms with Crippen molar-refractivity contribution in [3.63, 3.8) is 0 Å². The van der Waals surface area contributed by atoms with E-state index in [1.165, 1.54) is 6.07 Å². The van der Waals surface area contributed by atoms with Crippen molar-refractivity contribution in [2.24, 2.45) is 0 Å². The molecule has 0 amide bonds. The van der Waals surface area contributed by atoms with Gasteiger partial charge in [0.05, 0.1) is 5.56 Å². The summed E-state index contributed by atoms with van der Waals surface area (Å²) in [6.45, 7) is 3.91. The van der Waals surface area contributed by atoms with Crippen LogP contribution in [0.25, 0.3) is 17.0 Å². The number of likely N-dealkylation sites (N-methyl/N-ethyl adjacent to an activating group) is 1. The molecular weight excluding hydrogens is 340 g/mol. The molecule has 2 N–H and O–H groups in total. The number of anilines is 1. The van der Waals surface area contributed by atoms with E-state index in [2.05, 4.69) is 32.4 Å². The molecule has 1 aliphatic rings. The molecule has 1 unspecified atom stereocenters. The molecule has 25 heavy (non-hydrogen) atoms. The topological polar surface area (TPSA) is 78.6 Å². The molecule has 1 saturated heterocycles. The van der Waals surface area contributed by atoms with Crippen LogP contribution in [0.3, 0.4) is 0 Å². The quantitative estimate of drug-likeness (QED) is 0.749. The second-order valence-corrected chi connectivity index (χ2v) is 6.94. The minimum Gasteiger partial charge on any atom is -0.507 e. The summed E-state index contributed by atoms with van der Waals surface area (Å²) in [5.74, 6) is 1.26. The molecular formula is C17H19ClN6O. The minimum atomic E-state index is 0.0763. The van der Waals surface area contributed by atoms with E-state index in [1.54, 1.807) is 12.3 Å². The van der Waals surface area contributed by atoms with Crippen molar-refractivity contribution in [3.8, 4) is 17.1 Å². The number of hydrogen-bond acceptors (Lipinski definition) is 6. The van der Waals surface area contributed by atoms with E-state index in [0.29, 0.717) is 33.9 Å². The van der Waals surface area contributed by atoms with Crippen LogP contribution in [0.1, 0.15) is 12.0 Å². The van der Waals surface area contributed by atoms with Gasteiger partial charge >= 0.3 is 0 Å². The molecule has 3 heterocycles. The van der Waals surface area contributed by atoms with Crippen LogP contribution >= 0.6 is 11.6 Å². The van der Waals surface area contributed by atoms with Gasteiger partial charge in [-0.05, 0) is 44.6 Å². The van der Waals surface area contributed by atoms with Gasteiger partial charge in [0.1, 0.15) is 5.75 Å². The van der Waals surface area contributed by atoms with Crippen LogP contribution in [0.15, 0.2) is 24.5 Å². The summed E-state index contributed by atoms with van der Waals surface area (Å²) in [7, 11) is 2.10. The Morgan fingerprint density at radius 2 is 2.16 bits per heavy atom. The lowest BCUT2D eigenvalue weighted by Gasteiger charge is -2.15. The van der Waals surface area contributed by atoms with Gasteiger partial charge in [-0.1, -0.05) is 11.6 Å². The highest BCUT2D eigenvalue weighted by atomic mass is 35.5. The first-order valence-corrected chi connectivity index (χ1v) is 8.55. The maximum Gasteiger partial charge on any atom is 0.192 e. The summed E-state index contributed by atoms with van der Waals surface area (Å²) >= 11 is 6.01. The maximum atomic E-state index is 10.3. The number of fused-ring (bicyclic) bond motifs is 1. The van der Waals surface area contributed by atoms with E-state index in [0.717, 1.165) is 25.1 Å². The summed E-state index contributed by atoms with van der Waals surface area (Å²) in [6, 6.07) is 3.63. The summed E-state index contributed by atoms with van der Waals surface area (Å²) in [6.07, 6.45) is 4.58. The molecule has 1 fully saturated rings. The number of nitrogens with zero attached hydrogens (tertiary/aromatic N) is 5. The van der Waals surface area contributed by atoms with Crippen LogP contribution in [-0.4, -0.2) is 55.8 Å². The van der Waals surface area contributed by atoms with E-state index < -0.39 is 0 Å². The average Bonchev–Trinajstić information content (AvgIpc) is 3.17. The predicted molar refractivity (Wildman–Crippen MR) is 97.2 cm³/mol. The van der Waals surface area contributed by atoms with Gasteiger partial charge in [-0.25, -0.2) is 4.98 Å². The fourth-order valence-electron chi connectivity index (χ4n) is 3.37. The van der Waals surface area contributed by atoms with Crippen molar-refractivity contribution in [1.29, 1.82) is 0 Å². The van der Waals surface area contributed by atoms with Gasteiger partial charge in [-0.15, -0.1) is 10.2 Å². The highest BCUT2D eigenvalue weighted by Gasteiger charge is 2.22. The maximum absolute atomic E-state index is 10.3. The van der Waals surface area contributed by atoms with Gasteiger partial charge in [0.25, 0.3) is 0 Å². The third-order valence-corrected chi connectivity index (χ3v) is 4.78. The Kier molecular flexibility index (Phi) is 3.97. The van der Waals surface area contributed by atoms with Gasteiger partial charge in [0.2, 0.25) is 0 Å². The predicted octanol–water partition coefficient (Wildman–Crippen LogP) is 2.57. The molecule has 0 saturated carbocycles. The second-order valence-electron chi connectivity index (χ2n) is 6.50. The first-order valence-electron chi connectivity index (χ1n) is 8.17. The number of halogens is 1. The van der Waals surface area contributed by atoms with Crippen molar-refractivity contribution in [2.45, 2.75) is 19.4 Å². The Morgan fingerprint density at radius 3 is 2.88 bits per heavy atom. The van der Waals surface area contributed by atoms with Gasteiger partial charge < -0.3 is 15.3 Å². The van der Waals surface area contributed by atoms with Crippen molar-refractivity contribution in [1.82, 2.24) is 24.5 Å². The lowest BCUT2D eigenvalue weighted by molar-refractivity contribution is 0.414. The van der Waals surface area contributed by atoms with Crippen molar-refractivity contribution in [2.75, 3.05) is 25.5 Å². The third-order valence-electron chi connectivity index (χ3n) is 4.56. The van der Waals surface area contributed by atoms with Crippen LogP contribution in [0.2, 0.25) is 5.02 Å². The molecule has 3 aromatic rings. The number of benzene rings is 1. The van der Waals surface area contributed by atoms with Crippen LogP contribution in [0, 0.1) is 6.92 Å². The van der Waals surface area contributed by atoms with E-state index in [-0.39, 0.29) is 5.75 Å². The van der Waals surface area contributed by atoms with Crippen LogP contribution in [0.5, 0.6) is 5.75 Å². The molecule has 0 radical (unpaired) electrons. The largest absolute Gasteiger partial charge is 0.507 e.